The quantitative estimate of drug-likeness (QED) is 0.231. The van der Waals surface area contributed by atoms with Gasteiger partial charge in [-0.1, -0.05) is 11.6 Å². The number of nitriles is 1. The van der Waals surface area contributed by atoms with E-state index < -0.39 is 17.0 Å². The van der Waals surface area contributed by atoms with E-state index >= 15 is 0 Å². The molecule has 6 rings (SSSR count). The second-order valence-corrected chi connectivity index (χ2v) is 16.1. The lowest BCUT2D eigenvalue weighted by atomic mass is 9.89. The molecule has 2 aromatic rings. The van der Waals surface area contributed by atoms with Crippen LogP contribution in [0.2, 0.25) is 5.02 Å². The molecular weight excluding hydrogens is 751 g/mol. The molecule has 1 aromatic heterocycles. The van der Waals surface area contributed by atoms with Crippen molar-refractivity contribution in [2.24, 2.45) is 0 Å². The van der Waals surface area contributed by atoms with Gasteiger partial charge in [-0.25, -0.2) is 4.98 Å². The zero-order valence-corrected chi connectivity index (χ0v) is 33.6. The van der Waals surface area contributed by atoms with Gasteiger partial charge in [-0.3, -0.25) is 44.1 Å². The third-order valence-electron chi connectivity index (χ3n) is 11.2. The monoisotopic (exact) mass is 800 g/mol. The number of piperazine rings is 1. The van der Waals surface area contributed by atoms with Gasteiger partial charge in [0.1, 0.15) is 17.4 Å². The lowest BCUT2D eigenvalue weighted by molar-refractivity contribution is -0.134. The van der Waals surface area contributed by atoms with Crippen molar-refractivity contribution in [3.05, 3.63) is 52.7 Å². The number of imide groups is 1. The van der Waals surface area contributed by atoms with Crippen LogP contribution in [-0.2, 0) is 23.9 Å². The summed E-state index contributed by atoms with van der Waals surface area (Å²) >= 11 is 11.2. The van der Waals surface area contributed by atoms with Crippen molar-refractivity contribution in [2.45, 2.75) is 107 Å². The molecule has 3 aliphatic heterocycles. The number of aromatic nitrogens is 1. The predicted molar refractivity (Wildman–Crippen MR) is 212 cm³/mol. The van der Waals surface area contributed by atoms with Crippen molar-refractivity contribution in [1.82, 2.24) is 25.0 Å². The van der Waals surface area contributed by atoms with Gasteiger partial charge in [0.05, 0.1) is 41.3 Å². The number of nitrogens with zero attached hydrogens (tertiary/aromatic N) is 6. The SMILES string of the molecule is C[C@@H]1CN(CCOC2CCC(N3C(S)N(c4ccc(C#N)c(Cl)c4)C(=O)C3(C)C)CC2)C[C@H](C)N1CC(=O)Nc1cc(C2CCC(=O)NC2=O)ccn1.Cl. The molecule has 4 heterocycles. The molecular formula is C38H50Cl2N8O5S. The minimum Gasteiger partial charge on any atom is -0.377 e. The number of rotatable bonds is 10. The fraction of sp³-hybridized carbons (Fsp3) is 0.579. The van der Waals surface area contributed by atoms with Crippen molar-refractivity contribution in [3.8, 4) is 6.07 Å². The molecule has 16 heteroatoms. The number of piperidine rings is 1. The summed E-state index contributed by atoms with van der Waals surface area (Å²) in [6, 6.07) is 11.1. The molecule has 4 atom stereocenters. The van der Waals surface area contributed by atoms with E-state index in [0.29, 0.717) is 35.1 Å². The van der Waals surface area contributed by atoms with Crippen molar-refractivity contribution in [3.63, 3.8) is 0 Å². The van der Waals surface area contributed by atoms with Crippen LogP contribution in [0.15, 0.2) is 36.5 Å². The number of amides is 4. The Morgan fingerprint density at radius 1 is 1.09 bits per heavy atom. The van der Waals surface area contributed by atoms with Gasteiger partial charge >= 0.3 is 0 Å². The van der Waals surface area contributed by atoms with Crippen molar-refractivity contribution in [1.29, 1.82) is 5.26 Å². The summed E-state index contributed by atoms with van der Waals surface area (Å²) in [5.74, 6) is -0.851. The maximum atomic E-state index is 13.6. The third kappa shape index (κ3) is 9.05. The van der Waals surface area contributed by atoms with Crippen molar-refractivity contribution < 1.29 is 23.9 Å². The highest BCUT2D eigenvalue weighted by molar-refractivity contribution is 7.81. The zero-order valence-electron chi connectivity index (χ0n) is 31.2. The number of anilines is 2. The van der Waals surface area contributed by atoms with E-state index in [2.05, 4.69) is 50.2 Å². The van der Waals surface area contributed by atoms with Gasteiger partial charge in [0.2, 0.25) is 23.6 Å². The lowest BCUT2D eigenvalue weighted by Gasteiger charge is -2.44. The van der Waals surface area contributed by atoms with Gasteiger partial charge in [-0.15, -0.1) is 25.0 Å². The zero-order chi connectivity index (χ0) is 38.0. The second-order valence-electron chi connectivity index (χ2n) is 15.2. The number of nitrogens with one attached hydrogen (secondary N) is 2. The number of ether oxygens (including phenoxy) is 1. The Balaban J connectivity index is 0.00000561. The number of halogens is 2. The first kappa shape index (κ1) is 41.9. The van der Waals surface area contributed by atoms with Gasteiger partial charge in [0, 0.05) is 56.1 Å². The molecule has 1 aliphatic carbocycles. The molecule has 4 aliphatic rings. The summed E-state index contributed by atoms with van der Waals surface area (Å²) in [7, 11) is 0. The normalized spacial score (nSPS) is 27.9. The molecule has 0 bridgehead atoms. The van der Waals surface area contributed by atoms with Crippen LogP contribution in [0.1, 0.15) is 83.3 Å². The molecule has 4 amide bonds. The second kappa shape index (κ2) is 17.7. The number of carbonyl (C=O) groups is 4. The topological polar surface area (TPSA) is 151 Å². The average molecular weight is 802 g/mol. The van der Waals surface area contributed by atoms with E-state index in [4.69, 9.17) is 29.0 Å². The smallest absolute Gasteiger partial charge is 0.249 e. The van der Waals surface area contributed by atoms with Crippen LogP contribution < -0.4 is 15.5 Å². The Morgan fingerprint density at radius 2 is 1.80 bits per heavy atom. The maximum absolute atomic E-state index is 13.6. The van der Waals surface area contributed by atoms with Crippen LogP contribution in [0.5, 0.6) is 0 Å². The van der Waals surface area contributed by atoms with Gasteiger partial charge in [0.15, 0.2) is 0 Å². The largest absolute Gasteiger partial charge is 0.377 e. The molecule has 13 nitrogen and oxygen atoms in total. The highest BCUT2D eigenvalue weighted by atomic mass is 35.5. The van der Waals surface area contributed by atoms with Crippen molar-refractivity contribution in [2.75, 3.05) is 43.0 Å². The highest BCUT2D eigenvalue weighted by Crippen LogP contribution is 2.42. The molecule has 0 spiro atoms. The first-order valence-corrected chi connectivity index (χ1v) is 19.3. The standard InChI is InChI=1S/C38H49ClN8O5S.ClH/c1-23-20-44(21-24(2)45(23)22-34(49)42-32-17-25(13-14-41-32)30-11-12-33(48)43-35(30)50)15-16-52-29-9-7-27(8-10-29)47-37(53)46(36(51)38(47,3)4)28-6-5-26(19-40)31(39)18-28;/h5-6,13-14,17-18,23-24,27,29-30,37,53H,7-12,15-16,20-22H2,1-4H3,(H,41,42,49)(H,43,48,50);1H/t23-,24+,27?,29?,30?,37?;. The van der Waals surface area contributed by atoms with E-state index in [9.17, 15) is 24.4 Å². The highest BCUT2D eigenvalue weighted by Gasteiger charge is 2.54. The number of thiol groups is 1. The van der Waals surface area contributed by atoms with Gasteiger partial charge in [0.25, 0.3) is 0 Å². The summed E-state index contributed by atoms with van der Waals surface area (Å²) in [5.41, 5.74) is 0.520. The average Bonchev–Trinajstić information content (AvgIpc) is 3.29. The van der Waals surface area contributed by atoms with Crippen LogP contribution in [0.4, 0.5) is 11.5 Å². The Labute approximate surface area is 333 Å². The number of benzene rings is 1. The van der Waals surface area contributed by atoms with Crippen molar-refractivity contribution >= 4 is 71.8 Å². The number of carbonyl (C=O) groups excluding carboxylic acids is 4. The summed E-state index contributed by atoms with van der Waals surface area (Å²) in [5, 5.41) is 14.9. The first-order chi connectivity index (χ1) is 25.3. The molecule has 2 N–H and O–H groups in total. The third-order valence-corrected chi connectivity index (χ3v) is 12.0. The molecule has 0 radical (unpaired) electrons. The molecule has 3 saturated heterocycles. The lowest BCUT2D eigenvalue weighted by Crippen LogP contribution is -2.58. The van der Waals surface area contributed by atoms with Gasteiger partial charge in [-0.05, 0) is 95.7 Å². The van der Waals surface area contributed by atoms with E-state index in [1.165, 1.54) is 0 Å². The van der Waals surface area contributed by atoms with Crippen LogP contribution in [0.25, 0.3) is 0 Å². The van der Waals surface area contributed by atoms with Crippen LogP contribution in [0.3, 0.4) is 0 Å². The maximum Gasteiger partial charge on any atom is 0.249 e. The number of pyridine rings is 1. The van der Waals surface area contributed by atoms with E-state index in [1.54, 1.807) is 41.4 Å². The molecule has 1 saturated carbocycles. The van der Waals surface area contributed by atoms with Gasteiger partial charge in [-0.2, -0.15) is 5.26 Å². The van der Waals surface area contributed by atoms with E-state index in [0.717, 1.165) is 50.9 Å². The molecule has 1 aromatic carbocycles. The van der Waals surface area contributed by atoms with E-state index in [1.807, 2.05) is 13.8 Å². The first-order valence-electron chi connectivity index (χ1n) is 18.5. The Morgan fingerprint density at radius 3 is 2.44 bits per heavy atom. The number of hydrogen-bond donors (Lipinski definition) is 3. The van der Waals surface area contributed by atoms with Gasteiger partial charge < -0.3 is 10.1 Å². The van der Waals surface area contributed by atoms with Crippen LogP contribution in [0, 0.1) is 11.3 Å². The Bertz CT molecular complexity index is 1760. The predicted octanol–water partition coefficient (Wildman–Crippen LogP) is 4.55. The van der Waals surface area contributed by atoms with E-state index in [-0.39, 0.29) is 73.2 Å². The molecule has 54 heavy (non-hydrogen) atoms. The molecule has 292 valence electrons. The molecule has 4 fully saturated rings. The Kier molecular flexibility index (Phi) is 13.7. The van der Waals surface area contributed by atoms with Crippen LogP contribution in [-0.4, -0.2) is 111 Å². The molecule has 2 unspecified atom stereocenters. The summed E-state index contributed by atoms with van der Waals surface area (Å²) < 4.78 is 6.39. The summed E-state index contributed by atoms with van der Waals surface area (Å²) in [6.07, 6.45) is 6.03. The fourth-order valence-electron chi connectivity index (χ4n) is 8.45. The number of hydrogen-bond acceptors (Lipinski definition) is 11. The van der Waals surface area contributed by atoms with Crippen LogP contribution >= 0.6 is 36.6 Å². The minimum absolute atomic E-state index is 0. The fourth-order valence-corrected chi connectivity index (χ4v) is 9.39. The minimum atomic E-state index is -0.749. The summed E-state index contributed by atoms with van der Waals surface area (Å²) in [6.45, 7) is 11.5. The summed E-state index contributed by atoms with van der Waals surface area (Å²) in [4.78, 5) is 63.4. The Hall–Kier alpha value is -3.29.